The molecule has 2 N–H and O–H groups in total. The maximum atomic E-state index is 6.46. The van der Waals surface area contributed by atoms with E-state index >= 15 is 0 Å². The highest BCUT2D eigenvalue weighted by molar-refractivity contribution is 7.09. The van der Waals surface area contributed by atoms with E-state index < -0.39 is 0 Å². The SMILES string of the molecule is NC(Cc1cccs1)C1CCCc2ccccc21. The Morgan fingerprint density at radius 2 is 2.11 bits per heavy atom. The summed E-state index contributed by atoms with van der Waals surface area (Å²) in [6.45, 7) is 0. The molecule has 2 heteroatoms. The van der Waals surface area contributed by atoms with Crippen molar-refractivity contribution < 1.29 is 0 Å². The van der Waals surface area contributed by atoms with Crippen LogP contribution in [0.25, 0.3) is 0 Å². The van der Waals surface area contributed by atoms with Crippen LogP contribution in [0.5, 0.6) is 0 Å². The highest BCUT2D eigenvalue weighted by Crippen LogP contribution is 2.34. The summed E-state index contributed by atoms with van der Waals surface area (Å²) in [6, 6.07) is 13.4. The molecule has 2 atom stereocenters. The van der Waals surface area contributed by atoms with Crippen LogP contribution < -0.4 is 5.73 Å². The van der Waals surface area contributed by atoms with Crippen LogP contribution in [0.15, 0.2) is 41.8 Å². The molecule has 1 aromatic carbocycles. The van der Waals surface area contributed by atoms with Gasteiger partial charge in [-0.15, -0.1) is 11.3 Å². The Labute approximate surface area is 113 Å². The van der Waals surface area contributed by atoms with Gasteiger partial charge in [0.1, 0.15) is 0 Å². The zero-order valence-electron chi connectivity index (χ0n) is 10.5. The highest BCUT2D eigenvalue weighted by Gasteiger charge is 2.25. The normalized spacial score (nSPS) is 20.4. The van der Waals surface area contributed by atoms with Gasteiger partial charge >= 0.3 is 0 Å². The highest BCUT2D eigenvalue weighted by atomic mass is 32.1. The molecule has 1 heterocycles. The monoisotopic (exact) mass is 257 g/mol. The molecule has 0 spiro atoms. The molecule has 0 aliphatic heterocycles. The summed E-state index contributed by atoms with van der Waals surface area (Å²) < 4.78 is 0. The minimum atomic E-state index is 0.255. The topological polar surface area (TPSA) is 26.0 Å². The molecule has 94 valence electrons. The molecular formula is C16H19NS. The van der Waals surface area contributed by atoms with E-state index in [4.69, 9.17) is 5.73 Å². The third-order valence-corrected chi connectivity index (χ3v) is 4.85. The minimum absolute atomic E-state index is 0.255. The number of hydrogen-bond acceptors (Lipinski definition) is 2. The Kier molecular flexibility index (Phi) is 3.48. The Bertz CT molecular complexity index is 504. The molecular weight excluding hydrogens is 238 g/mol. The fourth-order valence-corrected chi connectivity index (χ4v) is 3.82. The predicted molar refractivity (Wildman–Crippen MR) is 78.1 cm³/mol. The maximum absolute atomic E-state index is 6.46. The lowest BCUT2D eigenvalue weighted by molar-refractivity contribution is 0.462. The zero-order valence-corrected chi connectivity index (χ0v) is 11.3. The van der Waals surface area contributed by atoms with Crippen LogP contribution in [0.1, 0.15) is 34.8 Å². The van der Waals surface area contributed by atoms with Gasteiger partial charge in [-0.25, -0.2) is 0 Å². The summed E-state index contributed by atoms with van der Waals surface area (Å²) in [5.74, 6) is 0.539. The van der Waals surface area contributed by atoms with Gasteiger partial charge in [0.25, 0.3) is 0 Å². The van der Waals surface area contributed by atoms with Gasteiger partial charge in [0, 0.05) is 10.9 Å². The van der Waals surface area contributed by atoms with Crippen molar-refractivity contribution in [1.29, 1.82) is 0 Å². The quantitative estimate of drug-likeness (QED) is 0.890. The average molecular weight is 257 g/mol. The molecule has 1 aliphatic rings. The van der Waals surface area contributed by atoms with Crippen LogP contribution in [-0.2, 0) is 12.8 Å². The van der Waals surface area contributed by atoms with Crippen molar-refractivity contribution in [3.63, 3.8) is 0 Å². The largest absolute Gasteiger partial charge is 0.327 e. The summed E-state index contributed by atoms with van der Waals surface area (Å²) >= 11 is 1.82. The maximum Gasteiger partial charge on any atom is 0.0156 e. The van der Waals surface area contributed by atoms with Crippen molar-refractivity contribution in [2.24, 2.45) is 5.73 Å². The van der Waals surface area contributed by atoms with Crippen molar-refractivity contribution in [1.82, 2.24) is 0 Å². The summed E-state index contributed by atoms with van der Waals surface area (Å²) in [5.41, 5.74) is 9.46. The van der Waals surface area contributed by atoms with Gasteiger partial charge < -0.3 is 5.73 Å². The average Bonchev–Trinajstić information content (AvgIpc) is 2.91. The van der Waals surface area contributed by atoms with E-state index in [1.807, 2.05) is 11.3 Å². The summed E-state index contributed by atoms with van der Waals surface area (Å²) in [5, 5.41) is 2.14. The first-order valence-electron chi connectivity index (χ1n) is 6.70. The van der Waals surface area contributed by atoms with Gasteiger partial charge in [-0.05, 0) is 54.2 Å². The first-order valence-corrected chi connectivity index (χ1v) is 7.58. The number of nitrogens with two attached hydrogens (primary N) is 1. The van der Waals surface area contributed by atoms with E-state index in [0.717, 1.165) is 6.42 Å². The molecule has 1 aliphatic carbocycles. The molecule has 2 aromatic rings. The summed E-state index contributed by atoms with van der Waals surface area (Å²) in [4.78, 5) is 1.41. The standard InChI is InChI=1S/C16H19NS/c17-16(11-13-7-4-10-18-13)15-9-3-6-12-5-1-2-8-14(12)15/h1-2,4-5,7-8,10,15-16H,3,6,9,11,17H2. The molecule has 1 aromatic heterocycles. The zero-order chi connectivity index (χ0) is 12.4. The fourth-order valence-electron chi connectivity index (χ4n) is 3.04. The van der Waals surface area contributed by atoms with Crippen LogP contribution in [0, 0.1) is 0 Å². The number of fused-ring (bicyclic) bond motifs is 1. The van der Waals surface area contributed by atoms with Gasteiger partial charge in [-0.2, -0.15) is 0 Å². The Morgan fingerprint density at radius 1 is 1.22 bits per heavy atom. The van der Waals surface area contributed by atoms with Crippen LogP contribution in [0.3, 0.4) is 0 Å². The molecule has 0 fully saturated rings. The Morgan fingerprint density at radius 3 is 2.94 bits per heavy atom. The van der Waals surface area contributed by atoms with Gasteiger partial charge in [0.15, 0.2) is 0 Å². The second kappa shape index (κ2) is 5.25. The summed E-state index contributed by atoms with van der Waals surface area (Å²) in [7, 11) is 0. The van der Waals surface area contributed by atoms with E-state index in [9.17, 15) is 0 Å². The van der Waals surface area contributed by atoms with Crippen molar-refractivity contribution >= 4 is 11.3 Å². The van der Waals surface area contributed by atoms with E-state index in [1.54, 1.807) is 0 Å². The van der Waals surface area contributed by atoms with Gasteiger partial charge in [-0.1, -0.05) is 30.3 Å². The predicted octanol–water partition coefficient (Wildman–Crippen LogP) is 3.74. The van der Waals surface area contributed by atoms with Crippen LogP contribution in [0.2, 0.25) is 0 Å². The van der Waals surface area contributed by atoms with E-state index in [-0.39, 0.29) is 6.04 Å². The molecule has 0 amide bonds. The van der Waals surface area contributed by atoms with Crippen LogP contribution in [-0.4, -0.2) is 6.04 Å². The third-order valence-electron chi connectivity index (χ3n) is 3.95. The van der Waals surface area contributed by atoms with Crippen LogP contribution >= 0.6 is 11.3 Å². The lowest BCUT2D eigenvalue weighted by Crippen LogP contribution is -2.32. The van der Waals surface area contributed by atoms with Gasteiger partial charge in [0.05, 0.1) is 0 Å². The molecule has 0 saturated heterocycles. The summed E-state index contributed by atoms with van der Waals surface area (Å²) in [6.07, 6.45) is 4.75. The number of rotatable bonds is 3. The molecule has 18 heavy (non-hydrogen) atoms. The number of thiophene rings is 1. The second-order valence-electron chi connectivity index (χ2n) is 5.14. The minimum Gasteiger partial charge on any atom is -0.327 e. The first-order chi connectivity index (χ1) is 8.84. The van der Waals surface area contributed by atoms with E-state index in [1.165, 1.54) is 35.3 Å². The second-order valence-corrected chi connectivity index (χ2v) is 6.18. The molecule has 2 unspecified atom stereocenters. The first kappa shape index (κ1) is 11.9. The number of benzene rings is 1. The fraction of sp³-hybridized carbons (Fsp3) is 0.375. The number of hydrogen-bond donors (Lipinski definition) is 1. The van der Waals surface area contributed by atoms with Gasteiger partial charge in [0.2, 0.25) is 0 Å². The third kappa shape index (κ3) is 2.36. The van der Waals surface area contributed by atoms with Crippen molar-refractivity contribution in [2.45, 2.75) is 37.6 Å². The molecule has 3 rings (SSSR count). The van der Waals surface area contributed by atoms with Gasteiger partial charge in [-0.3, -0.25) is 0 Å². The number of aryl methyl sites for hydroxylation is 1. The lowest BCUT2D eigenvalue weighted by Gasteiger charge is -2.30. The Hall–Kier alpha value is -1.12. The lowest BCUT2D eigenvalue weighted by atomic mass is 9.78. The van der Waals surface area contributed by atoms with E-state index in [0.29, 0.717) is 5.92 Å². The molecule has 1 nitrogen and oxygen atoms in total. The van der Waals surface area contributed by atoms with Crippen molar-refractivity contribution in [3.05, 3.63) is 57.8 Å². The van der Waals surface area contributed by atoms with Crippen molar-refractivity contribution in [3.8, 4) is 0 Å². The Balaban J connectivity index is 1.80. The molecule has 0 radical (unpaired) electrons. The molecule has 0 saturated carbocycles. The smallest absolute Gasteiger partial charge is 0.0156 e. The van der Waals surface area contributed by atoms with Crippen molar-refractivity contribution in [2.75, 3.05) is 0 Å². The molecule has 0 bridgehead atoms. The van der Waals surface area contributed by atoms with Crippen LogP contribution in [0.4, 0.5) is 0 Å². The van der Waals surface area contributed by atoms with E-state index in [2.05, 4.69) is 41.8 Å².